The van der Waals surface area contributed by atoms with Crippen LogP contribution in [-0.4, -0.2) is 34.5 Å². The fourth-order valence-corrected chi connectivity index (χ4v) is 2.32. The van der Waals surface area contributed by atoms with E-state index in [2.05, 4.69) is 29.1 Å². The molecule has 5 nitrogen and oxygen atoms in total. The summed E-state index contributed by atoms with van der Waals surface area (Å²) in [7, 11) is 0. The summed E-state index contributed by atoms with van der Waals surface area (Å²) in [6, 6.07) is 0.221. The van der Waals surface area contributed by atoms with E-state index >= 15 is 0 Å². The number of rotatable bonds is 3. The van der Waals surface area contributed by atoms with Crippen molar-refractivity contribution in [3.8, 4) is 0 Å². The molecule has 0 radical (unpaired) electrons. The molecular weight excluding hydrogens is 254 g/mol. The SMILES string of the molecule is CC1(C)CC(Nc2ncnc(Cl)c2C=O)CCO1. The lowest BCUT2D eigenvalue weighted by Crippen LogP contribution is -2.40. The summed E-state index contributed by atoms with van der Waals surface area (Å²) in [5.74, 6) is 0.493. The Labute approximate surface area is 111 Å². The first-order chi connectivity index (χ1) is 8.52. The van der Waals surface area contributed by atoms with Crippen LogP contribution in [0.4, 0.5) is 5.82 Å². The minimum Gasteiger partial charge on any atom is -0.375 e. The zero-order chi connectivity index (χ0) is 13.2. The first-order valence-corrected chi connectivity index (χ1v) is 6.26. The molecule has 1 N–H and O–H groups in total. The fourth-order valence-electron chi connectivity index (χ4n) is 2.14. The number of carbonyl (C=O) groups excluding carboxylic acids is 1. The zero-order valence-corrected chi connectivity index (χ0v) is 11.2. The zero-order valence-electron chi connectivity index (χ0n) is 10.4. The minimum atomic E-state index is -0.159. The van der Waals surface area contributed by atoms with Gasteiger partial charge in [-0.15, -0.1) is 0 Å². The third-order valence-electron chi connectivity index (χ3n) is 2.99. The van der Waals surface area contributed by atoms with Gasteiger partial charge in [0.05, 0.1) is 11.2 Å². The van der Waals surface area contributed by atoms with Crippen molar-refractivity contribution in [2.75, 3.05) is 11.9 Å². The lowest BCUT2D eigenvalue weighted by Gasteiger charge is -2.36. The molecule has 0 aliphatic carbocycles. The summed E-state index contributed by atoms with van der Waals surface area (Å²) in [4.78, 5) is 18.9. The maximum absolute atomic E-state index is 11.0. The summed E-state index contributed by atoms with van der Waals surface area (Å²) in [6.07, 6.45) is 3.76. The van der Waals surface area contributed by atoms with Crippen LogP contribution in [0.2, 0.25) is 5.15 Å². The van der Waals surface area contributed by atoms with Gasteiger partial charge in [-0.25, -0.2) is 9.97 Å². The van der Waals surface area contributed by atoms with E-state index < -0.39 is 0 Å². The number of ether oxygens (including phenoxy) is 1. The number of aldehydes is 1. The predicted molar refractivity (Wildman–Crippen MR) is 69.1 cm³/mol. The van der Waals surface area contributed by atoms with Gasteiger partial charge in [-0.1, -0.05) is 11.6 Å². The number of carbonyl (C=O) groups is 1. The van der Waals surface area contributed by atoms with Crippen molar-refractivity contribution in [3.05, 3.63) is 17.0 Å². The van der Waals surface area contributed by atoms with Crippen molar-refractivity contribution >= 4 is 23.7 Å². The number of anilines is 1. The van der Waals surface area contributed by atoms with Gasteiger partial charge >= 0.3 is 0 Å². The molecule has 2 heterocycles. The van der Waals surface area contributed by atoms with Crippen LogP contribution in [0.15, 0.2) is 6.33 Å². The van der Waals surface area contributed by atoms with Gasteiger partial charge in [-0.05, 0) is 26.7 Å². The molecule has 1 unspecified atom stereocenters. The highest BCUT2D eigenvalue weighted by atomic mass is 35.5. The van der Waals surface area contributed by atoms with Gasteiger partial charge in [0, 0.05) is 12.6 Å². The van der Waals surface area contributed by atoms with Crippen LogP contribution in [0, 0.1) is 0 Å². The molecule has 1 aliphatic heterocycles. The third kappa shape index (κ3) is 2.97. The Balaban J connectivity index is 2.14. The Kier molecular flexibility index (Phi) is 3.82. The van der Waals surface area contributed by atoms with Gasteiger partial charge in [0.25, 0.3) is 0 Å². The van der Waals surface area contributed by atoms with Gasteiger partial charge in [-0.2, -0.15) is 0 Å². The maximum Gasteiger partial charge on any atom is 0.156 e. The number of halogens is 1. The molecule has 0 bridgehead atoms. The van der Waals surface area contributed by atoms with Gasteiger partial charge in [0.2, 0.25) is 0 Å². The van der Waals surface area contributed by atoms with Crippen molar-refractivity contribution in [1.29, 1.82) is 0 Å². The molecule has 1 fully saturated rings. The Morgan fingerprint density at radius 3 is 3.00 bits per heavy atom. The van der Waals surface area contributed by atoms with E-state index in [4.69, 9.17) is 16.3 Å². The van der Waals surface area contributed by atoms with Crippen molar-refractivity contribution in [1.82, 2.24) is 9.97 Å². The molecule has 0 amide bonds. The summed E-state index contributed by atoms with van der Waals surface area (Å²) in [6.45, 7) is 4.79. The lowest BCUT2D eigenvalue weighted by molar-refractivity contribution is -0.0553. The molecule has 0 aromatic carbocycles. The van der Waals surface area contributed by atoms with Crippen LogP contribution in [0.25, 0.3) is 0 Å². The third-order valence-corrected chi connectivity index (χ3v) is 3.29. The minimum absolute atomic E-state index is 0.159. The highest BCUT2D eigenvalue weighted by Crippen LogP contribution is 2.27. The molecule has 18 heavy (non-hydrogen) atoms. The number of hydrogen-bond acceptors (Lipinski definition) is 5. The van der Waals surface area contributed by atoms with Crippen LogP contribution < -0.4 is 5.32 Å². The Hall–Kier alpha value is -1.20. The molecule has 1 atom stereocenters. The second-order valence-electron chi connectivity index (χ2n) is 4.99. The summed E-state index contributed by atoms with van der Waals surface area (Å²) >= 11 is 5.86. The second-order valence-corrected chi connectivity index (χ2v) is 5.34. The second kappa shape index (κ2) is 5.20. The molecule has 1 saturated heterocycles. The molecule has 2 rings (SSSR count). The lowest BCUT2D eigenvalue weighted by atomic mass is 9.94. The van der Waals surface area contributed by atoms with Crippen molar-refractivity contribution in [2.45, 2.75) is 38.3 Å². The summed E-state index contributed by atoms with van der Waals surface area (Å²) in [5.41, 5.74) is 0.150. The van der Waals surface area contributed by atoms with Crippen molar-refractivity contribution in [3.63, 3.8) is 0 Å². The molecular formula is C12H16ClN3O2. The van der Waals surface area contributed by atoms with Gasteiger partial charge in [-0.3, -0.25) is 4.79 Å². The molecule has 6 heteroatoms. The largest absolute Gasteiger partial charge is 0.375 e. The highest BCUT2D eigenvalue weighted by molar-refractivity contribution is 6.32. The van der Waals surface area contributed by atoms with Crippen LogP contribution in [0.5, 0.6) is 0 Å². The highest BCUT2D eigenvalue weighted by Gasteiger charge is 2.29. The van der Waals surface area contributed by atoms with Crippen molar-refractivity contribution < 1.29 is 9.53 Å². The Morgan fingerprint density at radius 2 is 2.33 bits per heavy atom. The monoisotopic (exact) mass is 269 g/mol. The smallest absolute Gasteiger partial charge is 0.156 e. The van der Waals surface area contributed by atoms with Crippen LogP contribution in [0.1, 0.15) is 37.0 Å². The van der Waals surface area contributed by atoms with E-state index in [1.54, 1.807) is 0 Å². The van der Waals surface area contributed by atoms with E-state index in [-0.39, 0.29) is 16.8 Å². The summed E-state index contributed by atoms with van der Waals surface area (Å²) < 4.78 is 5.65. The first kappa shape index (κ1) is 13.2. The van der Waals surface area contributed by atoms with E-state index in [0.717, 1.165) is 12.8 Å². The maximum atomic E-state index is 11.0. The predicted octanol–water partition coefficient (Wildman–Crippen LogP) is 2.31. The van der Waals surface area contributed by atoms with Crippen LogP contribution in [-0.2, 0) is 4.74 Å². The standard InChI is InChI=1S/C12H16ClN3O2/c1-12(2)5-8(3-4-18-12)16-11-9(6-17)10(13)14-7-15-11/h6-8H,3-5H2,1-2H3,(H,14,15,16). The Morgan fingerprint density at radius 1 is 1.56 bits per heavy atom. The normalized spacial score (nSPS) is 22.5. The van der Waals surface area contributed by atoms with Gasteiger partial charge in [0.1, 0.15) is 17.3 Å². The Bertz CT molecular complexity index is 451. The van der Waals surface area contributed by atoms with Gasteiger partial charge in [0.15, 0.2) is 6.29 Å². The number of aromatic nitrogens is 2. The number of nitrogens with one attached hydrogen (secondary N) is 1. The van der Waals surface area contributed by atoms with E-state index in [0.29, 0.717) is 24.3 Å². The van der Waals surface area contributed by atoms with Crippen molar-refractivity contribution in [2.24, 2.45) is 0 Å². The average molecular weight is 270 g/mol. The molecule has 1 aliphatic rings. The molecule has 98 valence electrons. The van der Waals surface area contributed by atoms with E-state index in [1.807, 2.05) is 0 Å². The molecule has 1 aromatic heterocycles. The van der Waals surface area contributed by atoms with E-state index in [9.17, 15) is 4.79 Å². The van der Waals surface area contributed by atoms with Crippen LogP contribution in [0.3, 0.4) is 0 Å². The molecule has 0 spiro atoms. The number of hydrogen-bond donors (Lipinski definition) is 1. The molecule has 1 aromatic rings. The van der Waals surface area contributed by atoms with E-state index in [1.165, 1.54) is 6.33 Å². The van der Waals surface area contributed by atoms with Crippen LogP contribution >= 0.6 is 11.6 Å². The fraction of sp³-hybridized carbons (Fsp3) is 0.583. The first-order valence-electron chi connectivity index (χ1n) is 5.88. The summed E-state index contributed by atoms with van der Waals surface area (Å²) in [5, 5.41) is 3.42. The number of nitrogens with zero attached hydrogens (tertiary/aromatic N) is 2. The average Bonchev–Trinajstić information content (AvgIpc) is 2.28. The quantitative estimate of drug-likeness (QED) is 0.674. The topological polar surface area (TPSA) is 64.1 Å². The van der Waals surface area contributed by atoms with Gasteiger partial charge < -0.3 is 10.1 Å². The molecule has 0 saturated carbocycles.